The van der Waals surface area contributed by atoms with Gasteiger partial charge in [0.15, 0.2) is 0 Å². The Hall–Kier alpha value is -2.48. The summed E-state index contributed by atoms with van der Waals surface area (Å²) >= 11 is 0. The first-order chi connectivity index (χ1) is 14.7. The van der Waals surface area contributed by atoms with Crippen LogP contribution in [-0.2, 0) is 0 Å². The van der Waals surface area contributed by atoms with Crippen LogP contribution in [-0.4, -0.2) is 11.7 Å². The van der Waals surface area contributed by atoms with Gasteiger partial charge in [-0.3, -0.25) is 0 Å². The molecule has 2 aromatic carbocycles. The van der Waals surface area contributed by atoms with E-state index in [1.54, 1.807) is 24.1 Å². The minimum Gasteiger partial charge on any atom is -0.507 e. The van der Waals surface area contributed by atoms with Crippen molar-refractivity contribution in [3.63, 3.8) is 0 Å². The van der Waals surface area contributed by atoms with Crippen molar-refractivity contribution in [1.29, 1.82) is 0 Å². The molecule has 1 fully saturated rings. The number of hydrogen-bond donors (Lipinski definition) is 1. The third-order valence-corrected chi connectivity index (χ3v) is 5.11. The van der Waals surface area contributed by atoms with E-state index < -0.39 is 0 Å². The number of para-hydroxylation sites is 2. The van der Waals surface area contributed by atoms with Gasteiger partial charge in [0, 0.05) is 11.1 Å². The third kappa shape index (κ3) is 10.3. The van der Waals surface area contributed by atoms with Crippen LogP contribution in [0.5, 0.6) is 11.5 Å². The number of rotatable bonds is 8. The molecule has 0 saturated heterocycles. The number of benzene rings is 2. The largest absolute Gasteiger partial charge is 0.507 e. The van der Waals surface area contributed by atoms with Crippen LogP contribution in [0.1, 0.15) is 76.3 Å². The lowest BCUT2D eigenvalue weighted by atomic mass is 10.1. The molecule has 1 saturated carbocycles. The summed E-state index contributed by atoms with van der Waals surface area (Å²) in [5, 5.41) is 9.04. The minimum atomic E-state index is 0.285. The normalized spacial score (nSPS) is 12.7. The Morgan fingerprint density at radius 2 is 1.47 bits per heavy atom. The average molecular weight is 408 g/mol. The number of hydrogen-bond acceptors (Lipinski definition) is 2. The highest BCUT2D eigenvalue weighted by Crippen LogP contribution is 2.28. The summed E-state index contributed by atoms with van der Waals surface area (Å²) in [5.41, 5.74) is 1.85. The van der Waals surface area contributed by atoms with Crippen LogP contribution >= 0.6 is 0 Å². The molecule has 2 heteroatoms. The van der Waals surface area contributed by atoms with Crippen molar-refractivity contribution in [3.8, 4) is 11.5 Å². The molecule has 1 aliphatic rings. The molecule has 1 radical (unpaired) electrons. The number of phenols is 1. The van der Waals surface area contributed by atoms with Gasteiger partial charge in [-0.15, -0.1) is 0 Å². The zero-order valence-corrected chi connectivity index (χ0v) is 18.9. The fourth-order valence-corrected chi connectivity index (χ4v) is 3.20. The van der Waals surface area contributed by atoms with Crippen molar-refractivity contribution in [1.82, 2.24) is 0 Å². The van der Waals surface area contributed by atoms with Gasteiger partial charge in [-0.05, 0) is 43.7 Å². The first-order valence-electron chi connectivity index (χ1n) is 11.2. The fraction of sp³-hybridized carbons (Fsp3) is 0.393. The van der Waals surface area contributed by atoms with Crippen LogP contribution in [0.25, 0.3) is 12.2 Å². The smallest absolute Gasteiger partial charge is 0.126 e. The second kappa shape index (κ2) is 16.3. The van der Waals surface area contributed by atoms with Crippen molar-refractivity contribution in [2.24, 2.45) is 0 Å². The minimum absolute atomic E-state index is 0.285. The molecule has 3 rings (SSSR count). The van der Waals surface area contributed by atoms with Gasteiger partial charge < -0.3 is 9.84 Å². The molecule has 1 aliphatic carbocycles. The highest BCUT2D eigenvalue weighted by Gasteiger charge is 2.11. The van der Waals surface area contributed by atoms with Gasteiger partial charge in [0.25, 0.3) is 0 Å². The Morgan fingerprint density at radius 1 is 0.867 bits per heavy atom. The van der Waals surface area contributed by atoms with Gasteiger partial charge in [0.05, 0.1) is 6.61 Å². The highest BCUT2D eigenvalue weighted by atomic mass is 16.5. The van der Waals surface area contributed by atoms with Gasteiger partial charge in [-0.2, -0.15) is 0 Å². The molecule has 2 nitrogen and oxygen atoms in total. The van der Waals surface area contributed by atoms with Crippen molar-refractivity contribution in [3.05, 3.63) is 78.7 Å². The van der Waals surface area contributed by atoms with E-state index in [0.29, 0.717) is 0 Å². The van der Waals surface area contributed by atoms with Crippen molar-refractivity contribution in [2.45, 2.75) is 65.2 Å². The molecule has 0 heterocycles. The van der Waals surface area contributed by atoms with Crippen LogP contribution < -0.4 is 4.74 Å². The van der Waals surface area contributed by atoms with Crippen molar-refractivity contribution in [2.75, 3.05) is 6.61 Å². The monoisotopic (exact) mass is 407 g/mol. The van der Waals surface area contributed by atoms with E-state index in [0.717, 1.165) is 29.9 Å². The van der Waals surface area contributed by atoms with Crippen LogP contribution in [0.4, 0.5) is 0 Å². The molecule has 0 bridgehead atoms. The van der Waals surface area contributed by atoms with E-state index >= 15 is 0 Å². The van der Waals surface area contributed by atoms with Gasteiger partial charge in [-0.25, -0.2) is 0 Å². The maximum Gasteiger partial charge on any atom is 0.126 e. The first kappa shape index (κ1) is 25.6. The lowest BCUT2D eigenvalue weighted by Gasteiger charge is -2.08. The molecular weight excluding hydrogens is 368 g/mol. The van der Waals surface area contributed by atoms with Gasteiger partial charge >= 0.3 is 0 Å². The summed E-state index contributed by atoms with van der Waals surface area (Å²) in [6.45, 7) is 12.5. The molecule has 0 atom stereocenters. The number of phenolic OH excluding ortho intramolecular Hbond substituents is 1. The van der Waals surface area contributed by atoms with Crippen molar-refractivity contribution < 1.29 is 9.84 Å². The van der Waals surface area contributed by atoms with E-state index in [2.05, 4.69) is 27.0 Å². The van der Waals surface area contributed by atoms with Gasteiger partial charge in [0.2, 0.25) is 0 Å². The Kier molecular flexibility index (Phi) is 13.9. The van der Waals surface area contributed by atoms with E-state index in [9.17, 15) is 0 Å². The standard InChI is InChI=1S/C13H18O.C8H8O.C7H13/c1-3-5-8-11-14-13-10-7-6-9-12(13)4-2;1-2-7-5-3-4-6-8(7)9;1-2-7-5-3-4-6-7/h4,6-7,9-10H,2-3,5,8,11H2,1H3;2-6,9H,1H2;2-6H2,1H3. The van der Waals surface area contributed by atoms with Crippen LogP contribution in [0.3, 0.4) is 0 Å². The quantitative estimate of drug-likeness (QED) is 0.445. The average Bonchev–Trinajstić information content (AvgIpc) is 3.32. The Morgan fingerprint density at radius 3 is 1.97 bits per heavy atom. The van der Waals surface area contributed by atoms with Crippen LogP contribution in [0, 0.1) is 5.92 Å². The molecule has 2 aromatic rings. The molecule has 0 spiro atoms. The summed E-state index contributed by atoms with van der Waals surface area (Å²) < 4.78 is 5.66. The van der Waals surface area contributed by atoms with E-state index in [-0.39, 0.29) is 5.75 Å². The van der Waals surface area contributed by atoms with Gasteiger partial charge in [-0.1, -0.05) is 101 Å². The molecule has 30 heavy (non-hydrogen) atoms. The van der Waals surface area contributed by atoms with Crippen LogP contribution in [0.15, 0.2) is 61.7 Å². The molecule has 0 aromatic heterocycles. The predicted octanol–water partition coefficient (Wildman–Crippen LogP) is 8.48. The topological polar surface area (TPSA) is 29.5 Å². The Balaban J connectivity index is 0.000000241. The molecular formula is C28H39O2. The number of ether oxygens (including phenoxy) is 1. The SMILES string of the molecule is C=Cc1ccccc1O.C=Cc1ccccc1OCCCCC.CC[C]1CCCC1. The zero-order valence-electron chi connectivity index (χ0n) is 18.9. The molecule has 163 valence electrons. The van der Waals surface area contributed by atoms with Gasteiger partial charge in [0.1, 0.15) is 11.5 Å². The molecule has 1 N–H and O–H groups in total. The summed E-state index contributed by atoms with van der Waals surface area (Å²) in [4.78, 5) is 0. The zero-order chi connectivity index (χ0) is 22.0. The third-order valence-electron chi connectivity index (χ3n) is 5.11. The molecule has 0 aliphatic heterocycles. The summed E-state index contributed by atoms with van der Waals surface area (Å²) in [6.07, 6.45) is 14.1. The Labute approximate surface area is 184 Å². The molecule has 0 unspecified atom stereocenters. The number of aromatic hydroxyl groups is 1. The number of unbranched alkanes of at least 4 members (excludes halogenated alkanes) is 2. The highest BCUT2D eigenvalue weighted by molar-refractivity contribution is 5.55. The van der Waals surface area contributed by atoms with Crippen LogP contribution in [0.2, 0.25) is 0 Å². The second-order valence-corrected chi connectivity index (χ2v) is 7.37. The lowest BCUT2D eigenvalue weighted by molar-refractivity contribution is 0.305. The molecule has 0 amide bonds. The summed E-state index contributed by atoms with van der Waals surface area (Å²) in [7, 11) is 0. The lowest BCUT2D eigenvalue weighted by Crippen LogP contribution is -1.98. The summed E-state index contributed by atoms with van der Waals surface area (Å²) in [6, 6.07) is 15.1. The first-order valence-corrected chi connectivity index (χ1v) is 11.2. The second-order valence-electron chi connectivity index (χ2n) is 7.37. The fourth-order valence-electron chi connectivity index (χ4n) is 3.20. The van der Waals surface area contributed by atoms with E-state index in [1.165, 1.54) is 44.9 Å². The summed E-state index contributed by atoms with van der Waals surface area (Å²) in [5.74, 6) is 3.02. The Bertz CT molecular complexity index is 714. The van der Waals surface area contributed by atoms with E-state index in [1.807, 2.05) is 42.5 Å². The maximum atomic E-state index is 9.04. The van der Waals surface area contributed by atoms with E-state index in [4.69, 9.17) is 9.84 Å². The predicted molar refractivity (Wildman–Crippen MR) is 132 cm³/mol. The van der Waals surface area contributed by atoms with Crippen molar-refractivity contribution >= 4 is 12.2 Å². The maximum absolute atomic E-state index is 9.04.